The third kappa shape index (κ3) is 1.52. The minimum atomic E-state index is -0.477. The highest BCUT2D eigenvalue weighted by Crippen LogP contribution is 2.25. The Morgan fingerprint density at radius 3 is 2.67 bits per heavy atom. The van der Waals surface area contributed by atoms with Crippen molar-refractivity contribution < 1.29 is 4.92 Å². The number of rotatable bonds is 1. The van der Waals surface area contributed by atoms with Crippen molar-refractivity contribution in [1.82, 2.24) is 4.98 Å². The van der Waals surface area contributed by atoms with Crippen LogP contribution in [0.25, 0.3) is 10.9 Å². The quantitative estimate of drug-likeness (QED) is 0.537. The van der Waals surface area contributed by atoms with Crippen LogP contribution in [-0.4, -0.2) is 9.91 Å². The second-order valence-electron chi connectivity index (χ2n) is 3.09. The third-order valence-corrected chi connectivity index (χ3v) is 2.05. The molecule has 0 fully saturated rings. The van der Waals surface area contributed by atoms with Gasteiger partial charge in [0.1, 0.15) is 5.82 Å². The maximum Gasteiger partial charge on any atom is 0.270 e. The third-order valence-electron chi connectivity index (χ3n) is 2.05. The van der Waals surface area contributed by atoms with Crippen LogP contribution >= 0.6 is 0 Å². The number of fused-ring (bicyclic) bond motifs is 1. The van der Waals surface area contributed by atoms with E-state index in [2.05, 4.69) is 4.98 Å². The monoisotopic (exact) mass is 204 g/mol. The highest BCUT2D eigenvalue weighted by molar-refractivity contribution is 5.93. The van der Waals surface area contributed by atoms with Crippen LogP contribution in [0.15, 0.2) is 24.3 Å². The van der Waals surface area contributed by atoms with E-state index in [-0.39, 0.29) is 5.69 Å². The van der Waals surface area contributed by atoms with Crippen LogP contribution in [0.5, 0.6) is 0 Å². The van der Waals surface area contributed by atoms with Crippen LogP contribution in [0.1, 0.15) is 0 Å². The molecule has 6 nitrogen and oxygen atoms in total. The van der Waals surface area contributed by atoms with Crippen LogP contribution in [0, 0.1) is 10.1 Å². The molecule has 1 aromatic heterocycles. The highest BCUT2D eigenvalue weighted by Gasteiger charge is 2.09. The summed E-state index contributed by atoms with van der Waals surface area (Å²) in [5.41, 5.74) is 12.1. The molecule has 1 heterocycles. The van der Waals surface area contributed by atoms with Gasteiger partial charge in [-0.05, 0) is 6.07 Å². The van der Waals surface area contributed by atoms with Gasteiger partial charge in [0.05, 0.1) is 10.4 Å². The minimum Gasteiger partial charge on any atom is -0.398 e. The van der Waals surface area contributed by atoms with E-state index < -0.39 is 4.92 Å². The van der Waals surface area contributed by atoms with Gasteiger partial charge in [-0.2, -0.15) is 0 Å². The Bertz CT molecular complexity index is 553. The molecule has 2 rings (SSSR count). The molecule has 0 radical (unpaired) electrons. The average molecular weight is 204 g/mol. The summed E-state index contributed by atoms with van der Waals surface area (Å²) >= 11 is 0. The van der Waals surface area contributed by atoms with Gasteiger partial charge in [-0.3, -0.25) is 10.1 Å². The number of hydrogen-bond donors (Lipinski definition) is 2. The number of non-ortho nitro benzene ring substituents is 1. The van der Waals surface area contributed by atoms with E-state index >= 15 is 0 Å². The number of aromatic nitrogens is 1. The zero-order chi connectivity index (χ0) is 11.0. The molecule has 2 aromatic rings. The van der Waals surface area contributed by atoms with Crippen LogP contribution in [0.2, 0.25) is 0 Å². The summed E-state index contributed by atoms with van der Waals surface area (Å²) in [5, 5.41) is 11.1. The molecule has 0 spiro atoms. The van der Waals surface area contributed by atoms with Crippen molar-refractivity contribution >= 4 is 28.1 Å². The van der Waals surface area contributed by atoms with Crippen molar-refractivity contribution in [2.45, 2.75) is 0 Å². The smallest absolute Gasteiger partial charge is 0.270 e. The topological polar surface area (TPSA) is 108 Å². The molecule has 76 valence electrons. The van der Waals surface area contributed by atoms with E-state index in [0.29, 0.717) is 22.4 Å². The standard InChI is InChI=1S/C9H8N4O2/c10-7-4-9(11)12-8-2-1-5(13(14)15)3-6(7)8/h1-4H,(H4,10,11,12). The zero-order valence-electron chi connectivity index (χ0n) is 7.68. The lowest BCUT2D eigenvalue weighted by atomic mass is 10.1. The number of nitrogens with zero attached hydrogens (tertiary/aromatic N) is 2. The van der Waals surface area contributed by atoms with Gasteiger partial charge in [-0.1, -0.05) is 0 Å². The van der Waals surface area contributed by atoms with Gasteiger partial charge in [-0.25, -0.2) is 4.98 Å². The van der Waals surface area contributed by atoms with Gasteiger partial charge in [0.2, 0.25) is 0 Å². The zero-order valence-corrected chi connectivity index (χ0v) is 7.68. The Labute approximate surface area is 84.7 Å². The Kier molecular flexibility index (Phi) is 1.89. The molecule has 0 saturated carbocycles. The summed E-state index contributed by atoms with van der Waals surface area (Å²) in [7, 11) is 0. The summed E-state index contributed by atoms with van der Waals surface area (Å²) in [5.74, 6) is 0.300. The van der Waals surface area contributed by atoms with Gasteiger partial charge in [-0.15, -0.1) is 0 Å². The van der Waals surface area contributed by atoms with Crippen molar-refractivity contribution in [3.8, 4) is 0 Å². The molecule has 0 atom stereocenters. The first-order valence-corrected chi connectivity index (χ1v) is 4.18. The molecule has 0 aliphatic carbocycles. The Morgan fingerprint density at radius 1 is 1.27 bits per heavy atom. The molecule has 0 aliphatic heterocycles. The minimum absolute atomic E-state index is 0.0132. The van der Waals surface area contributed by atoms with Gasteiger partial charge in [0.15, 0.2) is 0 Å². The van der Waals surface area contributed by atoms with E-state index in [1.807, 2.05) is 0 Å². The summed E-state index contributed by atoms with van der Waals surface area (Å²) in [6, 6.07) is 5.76. The van der Waals surface area contributed by atoms with Crippen molar-refractivity contribution in [2.75, 3.05) is 11.5 Å². The second-order valence-corrected chi connectivity index (χ2v) is 3.09. The summed E-state index contributed by atoms with van der Waals surface area (Å²) < 4.78 is 0. The summed E-state index contributed by atoms with van der Waals surface area (Å²) in [4.78, 5) is 14.1. The van der Waals surface area contributed by atoms with Gasteiger partial charge in [0.25, 0.3) is 5.69 Å². The maximum atomic E-state index is 10.5. The highest BCUT2D eigenvalue weighted by atomic mass is 16.6. The molecule has 4 N–H and O–H groups in total. The fourth-order valence-corrected chi connectivity index (χ4v) is 1.37. The van der Waals surface area contributed by atoms with Crippen LogP contribution in [-0.2, 0) is 0 Å². The normalized spacial score (nSPS) is 10.4. The molecule has 0 saturated heterocycles. The molecule has 15 heavy (non-hydrogen) atoms. The molecule has 0 unspecified atom stereocenters. The number of nitro groups is 1. The Balaban J connectivity index is 2.76. The van der Waals surface area contributed by atoms with Crippen molar-refractivity contribution in [1.29, 1.82) is 0 Å². The predicted molar refractivity (Wildman–Crippen MR) is 57.2 cm³/mol. The lowest BCUT2D eigenvalue weighted by Crippen LogP contribution is -1.96. The fourth-order valence-electron chi connectivity index (χ4n) is 1.37. The largest absolute Gasteiger partial charge is 0.398 e. The van der Waals surface area contributed by atoms with Gasteiger partial charge < -0.3 is 11.5 Å². The number of pyridine rings is 1. The molecule has 0 aliphatic rings. The number of nitrogens with two attached hydrogens (primary N) is 2. The van der Waals surface area contributed by atoms with Crippen LogP contribution in [0.3, 0.4) is 0 Å². The van der Waals surface area contributed by atoms with E-state index in [9.17, 15) is 10.1 Å². The van der Waals surface area contributed by atoms with E-state index in [1.54, 1.807) is 0 Å². The number of anilines is 2. The Morgan fingerprint density at radius 2 is 2.00 bits per heavy atom. The molecule has 6 heteroatoms. The second kappa shape index (κ2) is 3.09. The van der Waals surface area contributed by atoms with Crippen molar-refractivity contribution in [3.63, 3.8) is 0 Å². The number of benzene rings is 1. The van der Waals surface area contributed by atoms with Gasteiger partial charge >= 0.3 is 0 Å². The Hall–Kier alpha value is -2.37. The van der Waals surface area contributed by atoms with E-state index in [1.165, 1.54) is 24.3 Å². The SMILES string of the molecule is Nc1cc(N)c2cc([N+](=O)[O-])ccc2n1. The lowest BCUT2D eigenvalue weighted by Gasteiger charge is -2.02. The maximum absolute atomic E-state index is 10.5. The molecular formula is C9H8N4O2. The molecule has 1 aromatic carbocycles. The number of hydrogen-bond acceptors (Lipinski definition) is 5. The summed E-state index contributed by atoms with van der Waals surface area (Å²) in [6.07, 6.45) is 0. The number of nitrogen functional groups attached to an aromatic ring is 2. The van der Waals surface area contributed by atoms with Gasteiger partial charge in [0, 0.05) is 29.3 Å². The molecule has 0 amide bonds. The van der Waals surface area contributed by atoms with Crippen molar-refractivity contribution in [3.05, 3.63) is 34.4 Å². The molecule has 0 bridgehead atoms. The predicted octanol–water partition coefficient (Wildman–Crippen LogP) is 1.31. The molecular weight excluding hydrogens is 196 g/mol. The first kappa shape index (κ1) is 9.20. The lowest BCUT2D eigenvalue weighted by molar-refractivity contribution is -0.384. The fraction of sp³-hybridized carbons (Fsp3) is 0. The summed E-state index contributed by atoms with van der Waals surface area (Å²) in [6.45, 7) is 0. The van der Waals surface area contributed by atoms with E-state index in [0.717, 1.165) is 0 Å². The first-order chi connectivity index (χ1) is 7.08. The number of nitro benzene ring substituents is 1. The van der Waals surface area contributed by atoms with Crippen LogP contribution < -0.4 is 11.5 Å². The average Bonchev–Trinajstić information content (AvgIpc) is 2.16. The first-order valence-electron chi connectivity index (χ1n) is 4.18. The van der Waals surface area contributed by atoms with Crippen LogP contribution in [0.4, 0.5) is 17.2 Å². The van der Waals surface area contributed by atoms with E-state index in [4.69, 9.17) is 11.5 Å². The van der Waals surface area contributed by atoms with Crippen molar-refractivity contribution in [2.24, 2.45) is 0 Å².